The van der Waals surface area contributed by atoms with Crippen LogP contribution in [0.5, 0.6) is 0 Å². The van der Waals surface area contributed by atoms with E-state index in [0.717, 1.165) is 11.1 Å². The molecular weight excluding hydrogens is 374 g/mol. The van der Waals surface area contributed by atoms with Gasteiger partial charge in [-0.1, -0.05) is 78.4 Å². The number of aliphatic carboxylic acids is 1. The molecule has 3 aromatic rings. The maximum Gasteiger partial charge on any atom is 0.326 e. The zero-order valence-corrected chi connectivity index (χ0v) is 17.0. The van der Waals surface area contributed by atoms with Crippen molar-refractivity contribution < 1.29 is 14.7 Å². The van der Waals surface area contributed by atoms with Crippen LogP contribution in [-0.2, 0) is 16.0 Å². The van der Waals surface area contributed by atoms with E-state index in [1.807, 2.05) is 55.5 Å². The normalized spacial score (nSPS) is 13.4. The van der Waals surface area contributed by atoms with Crippen LogP contribution in [0.25, 0.3) is 11.1 Å². The number of benzene rings is 3. The Kier molecular flexibility index (Phi) is 5.66. The second-order valence-electron chi connectivity index (χ2n) is 7.91. The first-order valence-electron chi connectivity index (χ1n) is 10.3. The third-order valence-corrected chi connectivity index (χ3v) is 5.82. The summed E-state index contributed by atoms with van der Waals surface area (Å²) in [6.07, 6.45) is 1.21. The van der Waals surface area contributed by atoms with E-state index in [0.29, 0.717) is 6.42 Å². The number of rotatable bonds is 7. The number of nitrogens with one attached hydrogen (secondary N) is 1. The van der Waals surface area contributed by atoms with Gasteiger partial charge in [-0.25, -0.2) is 4.79 Å². The van der Waals surface area contributed by atoms with Crippen LogP contribution in [0, 0.1) is 6.92 Å². The Morgan fingerprint density at radius 1 is 0.900 bits per heavy atom. The van der Waals surface area contributed by atoms with Crippen molar-refractivity contribution in [3.05, 3.63) is 95.1 Å². The molecule has 0 aromatic heterocycles. The SMILES string of the molecule is Cc1ccc(C[C@H](NC(=O)CCC2c3ccccc3-c3ccccc32)C(=O)O)cc1. The lowest BCUT2D eigenvalue weighted by Crippen LogP contribution is -2.42. The number of amides is 1. The van der Waals surface area contributed by atoms with Gasteiger partial charge in [0, 0.05) is 18.8 Å². The Balaban J connectivity index is 1.43. The third-order valence-electron chi connectivity index (χ3n) is 5.82. The molecule has 0 saturated carbocycles. The lowest BCUT2D eigenvalue weighted by Gasteiger charge is -2.17. The zero-order valence-electron chi connectivity index (χ0n) is 17.0. The van der Waals surface area contributed by atoms with Crippen molar-refractivity contribution >= 4 is 11.9 Å². The van der Waals surface area contributed by atoms with Gasteiger partial charge in [-0.3, -0.25) is 4.79 Å². The number of carboxylic acid groups (broad SMARTS) is 1. The molecule has 0 radical (unpaired) electrons. The summed E-state index contributed by atoms with van der Waals surface area (Å²) >= 11 is 0. The summed E-state index contributed by atoms with van der Waals surface area (Å²) in [5.74, 6) is -1.08. The summed E-state index contributed by atoms with van der Waals surface area (Å²) in [4.78, 5) is 24.3. The van der Waals surface area contributed by atoms with Gasteiger partial charge in [0.2, 0.25) is 5.91 Å². The minimum atomic E-state index is -1.01. The minimum absolute atomic E-state index is 0.156. The first-order valence-corrected chi connectivity index (χ1v) is 10.3. The van der Waals surface area contributed by atoms with Gasteiger partial charge in [0.1, 0.15) is 6.04 Å². The van der Waals surface area contributed by atoms with Crippen molar-refractivity contribution in [2.75, 3.05) is 0 Å². The molecule has 0 bridgehead atoms. The quantitative estimate of drug-likeness (QED) is 0.605. The molecule has 1 atom stereocenters. The zero-order chi connectivity index (χ0) is 21.1. The molecule has 0 unspecified atom stereocenters. The standard InChI is InChI=1S/C26H25NO3/c1-17-10-12-18(13-11-17)16-24(26(29)30)27-25(28)15-14-23-21-8-4-2-6-19(21)20-7-3-5-9-22(20)23/h2-13,23-24H,14-16H2,1H3,(H,27,28)(H,29,30)/t24-/m0/s1. The Morgan fingerprint density at radius 2 is 1.47 bits per heavy atom. The Hall–Kier alpha value is -3.40. The van der Waals surface area contributed by atoms with Crippen molar-refractivity contribution in [1.82, 2.24) is 5.32 Å². The summed E-state index contributed by atoms with van der Waals surface area (Å²) in [6, 6.07) is 23.4. The minimum Gasteiger partial charge on any atom is -0.480 e. The van der Waals surface area contributed by atoms with Crippen molar-refractivity contribution in [2.45, 2.75) is 38.1 Å². The number of carbonyl (C=O) groups is 2. The predicted molar refractivity (Wildman–Crippen MR) is 117 cm³/mol. The van der Waals surface area contributed by atoms with Gasteiger partial charge in [0.25, 0.3) is 0 Å². The van der Waals surface area contributed by atoms with Crippen molar-refractivity contribution in [3.63, 3.8) is 0 Å². The molecule has 0 heterocycles. The van der Waals surface area contributed by atoms with E-state index in [1.165, 1.54) is 22.3 Å². The van der Waals surface area contributed by atoms with E-state index in [-0.39, 0.29) is 24.7 Å². The molecule has 1 amide bonds. The maximum absolute atomic E-state index is 12.6. The molecule has 30 heavy (non-hydrogen) atoms. The van der Waals surface area contributed by atoms with Crippen molar-refractivity contribution in [1.29, 1.82) is 0 Å². The van der Waals surface area contributed by atoms with E-state index in [9.17, 15) is 14.7 Å². The summed E-state index contributed by atoms with van der Waals surface area (Å²) in [5.41, 5.74) is 6.93. The third kappa shape index (κ3) is 4.13. The molecule has 0 aliphatic heterocycles. The highest BCUT2D eigenvalue weighted by Gasteiger charge is 2.28. The van der Waals surface area contributed by atoms with Crippen LogP contribution in [-0.4, -0.2) is 23.0 Å². The van der Waals surface area contributed by atoms with E-state index in [2.05, 4.69) is 29.6 Å². The second-order valence-corrected chi connectivity index (χ2v) is 7.91. The molecule has 0 saturated heterocycles. The second kappa shape index (κ2) is 8.54. The number of aryl methyl sites for hydroxylation is 1. The Morgan fingerprint density at radius 3 is 2.03 bits per heavy atom. The van der Waals surface area contributed by atoms with Gasteiger partial charge in [0.15, 0.2) is 0 Å². The van der Waals surface area contributed by atoms with E-state index >= 15 is 0 Å². The molecule has 4 heteroatoms. The van der Waals surface area contributed by atoms with E-state index in [4.69, 9.17) is 0 Å². The van der Waals surface area contributed by atoms with Gasteiger partial charge in [-0.15, -0.1) is 0 Å². The first-order chi connectivity index (χ1) is 14.5. The molecule has 4 rings (SSSR count). The highest BCUT2D eigenvalue weighted by atomic mass is 16.4. The lowest BCUT2D eigenvalue weighted by atomic mass is 9.92. The average Bonchev–Trinajstić information content (AvgIpc) is 3.07. The fourth-order valence-corrected chi connectivity index (χ4v) is 4.27. The molecule has 3 aromatic carbocycles. The molecule has 152 valence electrons. The highest BCUT2D eigenvalue weighted by molar-refractivity contribution is 5.84. The molecule has 4 nitrogen and oxygen atoms in total. The van der Waals surface area contributed by atoms with Crippen molar-refractivity contribution in [3.8, 4) is 11.1 Å². The van der Waals surface area contributed by atoms with Crippen LogP contribution in [0.3, 0.4) is 0 Å². The number of carbonyl (C=O) groups excluding carboxylic acids is 1. The number of hydrogen-bond acceptors (Lipinski definition) is 2. The smallest absolute Gasteiger partial charge is 0.326 e. The average molecular weight is 399 g/mol. The number of hydrogen-bond donors (Lipinski definition) is 2. The summed E-state index contributed by atoms with van der Waals surface area (Å²) in [7, 11) is 0. The topological polar surface area (TPSA) is 66.4 Å². The van der Waals surface area contributed by atoms with Crippen molar-refractivity contribution in [2.24, 2.45) is 0 Å². The van der Waals surface area contributed by atoms with Gasteiger partial charge in [-0.2, -0.15) is 0 Å². The molecule has 0 spiro atoms. The van der Waals surface area contributed by atoms with Crippen LogP contribution in [0.2, 0.25) is 0 Å². The molecular formula is C26H25NO3. The number of carboxylic acids is 1. The molecule has 1 aliphatic rings. The summed E-state index contributed by atoms with van der Waals surface area (Å²) in [6.45, 7) is 1.99. The number of fused-ring (bicyclic) bond motifs is 3. The summed E-state index contributed by atoms with van der Waals surface area (Å²) in [5, 5.41) is 12.3. The maximum atomic E-state index is 12.6. The van der Waals surface area contributed by atoms with E-state index in [1.54, 1.807) is 0 Å². The van der Waals surface area contributed by atoms with Gasteiger partial charge in [-0.05, 0) is 41.2 Å². The Labute approximate surface area is 176 Å². The first kappa shape index (κ1) is 19.9. The van der Waals surface area contributed by atoms with Crippen LogP contribution in [0.1, 0.15) is 41.0 Å². The van der Waals surface area contributed by atoms with Crippen LogP contribution in [0.15, 0.2) is 72.8 Å². The van der Waals surface area contributed by atoms with Gasteiger partial charge < -0.3 is 10.4 Å². The van der Waals surface area contributed by atoms with Gasteiger partial charge >= 0.3 is 5.97 Å². The largest absolute Gasteiger partial charge is 0.480 e. The van der Waals surface area contributed by atoms with E-state index < -0.39 is 12.0 Å². The monoisotopic (exact) mass is 399 g/mol. The molecule has 1 aliphatic carbocycles. The predicted octanol–water partition coefficient (Wildman–Crippen LogP) is 4.70. The molecule has 0 fully saturated rings. The fraction of sp³-hybridized carbons (Fsp3) is 0.231. The highest BCUT2D eigenvalue weighted by Crippen LogP contribution is 2.46. The fourth-order valence-electron chi connectivity index (χ4n) is 4.27. The Bertz CT molecular complexity index is 1030. The van der Waals surface area contributed by atoms with Gasteiger partial charge in [0.05, 0.1) is 0 Å². The van der Waals surface area contributed by atoms with Crippen LogP contribution >= 0.6 is 0 Å². The molecule has 2 N–H and O–H groups in total. The lowest BCUT2D eigenvalue weighted by molar-refractivity contribution is -0.141. The van der Waals surface area contributed by atoms with Crippen LogP contribution in [0.4, 0.5) is 0 Å². The van der Waals surface area contributed by atoms with Crippen LogP contribution < -0.4 is 5.32 Å². The summed E-state index contributed by atoms with van der Waals surface area (Å²) < 4.78 is 0.